The molecule has 0 radical (unpaired) electrons. The molecule has 19 heavy (non-hydrogen) atoms. The van der Waals surface area contributed by atoms with Crippen LogP contribution in [0.25, 0.3) is 0 Å². The number of rotatable bonds is 4. The van der Waals surface area contributed by atoms with Gasteiger partial charge in [-0.25, -0.2) is 8.42 Å². The van der Waals surface area contributed by atoms with Gasteiger partial charge >= 0.3 is 0 Å². The van der Waals surface area contributed by atoms with Gasteiger partial charge in [-0.15, -0.1) is 0 Å². The Balaban J connectivity index is 2.19. The summed E-state index contributed by atoms with van der Waals surface area (Å²) in [6.45, 7) is 3.70. The molecule has 1 unspecified atom stereocenters. The van der Waals surface area contributed by atoms with Gasteiger partial charge in [0, 0.05) is 20.2 Å². The number of aryl methyl sites for hydroxylation is 1. The van der Waals surface area contributed by atoms with Crippen LogP contribution in [0.1, 0.15) is 18.4 Å². The summed E-state index contributed by atoms with van der Waals surface area (Å²) in [6, 6.07) is 7.10. The molecule has 0 aliphatic carbocycles. The van der Waals surface area contributed by atoms with Crippen LogP contribution in [0.15, 0.2) is 29.2 Å². The number of hydrogen-bond donors (Lipinski definition) is 0. The summed E-state index contributed by atoms with van der Waals surface area (Å²) in [7, 11) is -1.70. The summed E-state index contributed by atoms with van der Waals surface area (Å²) < 4.78 is 31.9. The number of piperidine rings is 1. The Morgan fingerprint density at radius 2 is 2.21 bits per heavy atom. The summed E-state index contributed by atoms with van der Waals surface area (Å²) in [6.07, 6.45) is 1.94. The Labute approximate surface area is 115 Å². The first-order chi connectivity index (χ1) is 9.04. The molecular formula is C14H21NO3S. The first-order valence-electron chi connectivity index (χ1n) is 6.60. The van der Waals surface area contributed by atoms with Crippen molar-refractivity contribution in [3.63, 3.8) is 0 Å². The number of methoxy groups -OCH3 is 1. The molecule has 1 atom stereocenters. The second-order valence-electron chi connectivity index (χ2n) is 5.14. The monoisotopic (exact) mass is 283 g/mol. The zero-order valence-electron chi connectivity index (χ0n) is 11.5. The summed E-state index contributed by atoms with van der Waals surface area (Å²) in [5.41, 5.74) is 0.964. The molecule has 2 rings (SSSR count). The van der Waals surface area contributed by atoms with Crippen LogP contribution in [0.2, 0.25) is 0 Å². The highest BCUT2D eigenvalue weighted by atomic mass is 32.2. The first kappa shape index (κ1) is 14.5. The maximum atomic E-state index is 12.6. The highest BCUT2D eigenvalue weighted by Crippen LogP contribution is 2.24. The Morgan fingerprint density at radius 1 is 1.42 bits per heavy atom. The van der Waals surface area contributed by atoms with Gasteiger partial charge in [0.2, 0.25) is 10.0 Å². The summed E-state index contributed by atoms with van der Waals surface area (Å²) in [5, 5.41) is 0. The lowest BCUT2D eigenvalue weighted by Gasteiger charge is -2.31. The molecule has 0 N–H and O–H groups in total. The molecule has 0 bridgehead atoms. The van der Waals surface area contributed by atoms with E-state index in [1.807, 2.05) is 13.0 Å². The summed E-state index contributed by atoms with van der Waals surface area (Å²) in [5.74, 6) is 0.304. The molecule has 1 aliphatic rings. The lowest BCUT2D eigenvalue weighted by atomic mass is 10.0. The van der Waals surface area contributed by atoms with Crippen LogP contribution < -0.4 is 0 Å². The number of hydrogen-bond acceptors (Lipinski definition) is 3. The lowest BCUT2D eigenvalue weighted by molar-refractivity contribution is 0.118. The van der Waals surface area contributed by atoms with Crippen molar-refractivity contribution < 1.29 is 13.2 Å². The molecule has 0 aromatic heterocycles. The molecule has 0 amide bonds. The molecule has 1 aliphatic heterocycles. The summed E-state index contributed by atoms with van der Waals surface area (Å²) >= 11 is 0. The lowest BCUT2D eigenvalue weighted by Crippen LogP contribution is -2.41. The Kier molecular flexibility index (Phi) is 4.60. The third-order valence-electron chi connectivity index (χ3n) is 3.51. The van der Waals surface area contributed by atoms with Crippen LogP contribution >= 0.6 is 0 Å². The fourth-order valence-corrected chi connectivity index (χ4v) is 4.20. The van der Waals surface area contributed by atoms with E-state index in [0.29, 0.717) is 30.5 Å². The molecule has 0 saturated carbocycles. The molecule has 1 heterocycles. The SMILES string of the molecule is COCC1CCCN(S(=O)(=O)c2cccc(C)c2)C1. The predicted octanol–water partition coefficient (Wildman–Crippen LogP) is 2.04. The second kappa shape index (κ2) is 6.03. The van der Waals surface area contributed by atoms with Crippen molar-refractivity contribution in [2.75, 3.05) is 26.8 Å². The fraction of sp³-hybridized carbons (Fsp3) is 0.571. The van der Waals surface area contributed by atoms with Crippen molar-refractivity contribution in [3.8, 4) is 0 Å². The van der Waals surface area contributed by atoms with Crippen molar-refractivity contribution >= 4 is 10.0 Å². The van der Waals surface area contributed by atoms with E-state index >= 15 is 0 Å². The Hall–Kier alpha value is -0.910. The smallest absolute Gasteiger partial charge is 0.243 e. The van der Waals surface area contributed by atoms with E-state index in [-0.39, 0.29) is 0 Å². The van der Waals surface area contributed by atoms with Gasteiger partial charge in [0.05, 0.1) is 11.5 Å². The van der Waals surface area contributed by atoms with Crippen molar-refractivity contribution in [1.82, 2.24) is 4.31 Å². The fourth-order valence-electron chi connectivity index (χ4n) is 2.54. The first-order valence-corrected chi connectivity index (χ1v) is 8.04. The van der Waals surface area contributed by atoms with Gasteiger partial charge in [-0.3, -0.25) is 0 Å². The van der Waals surface area contributed by atoms with E-state index in [4.69, 9.17) is 4.74 Å². The molecule has 4 nitrogen and oxygen atoms in total. The van der Waals surface area contributed by atoms with Crippen LogP contribution in [0.3, 0.4) is 0 Å². The molecule has 1 saturated heterocycles. The van der Waals surface area contributed by atoms with Crippen LogP contribution in [-0.2, 0) is 14.8 Å². The third kappa shape index (κ3) is 3.35. The third-order valence-corrected chi connectivity index (χ3v) is 5.37. The molecular weight excluding hydrogens is 262 g/mol. The van der Waals surface area contributed by atoms with Gasteiger partial charge in [-0.1, -0.05) is 12.1 Å². The Bertz CT molecular complexity index is 525. The maximum Gasteiger partial charge on any atom is 0.243 e. The van der Waals surface area contributed by atoms with E-state index in [2.05, 4.69) is 0 Å². The van der Waals surface area contributed by atoms with Gasteiger partial charge in [0.1, 0.15) is 0 Å². The largest absolute Gasteiger partial charge is 0.384 e. The van der Waals surface area contributed by atoms with Gasteiger partial charge in [0.15, 0.2) is 0 Å². The van der Waals surface area contributed by atoms with Crippen molar-refractivity contribution in [3.05, 3.63) is 29.8 Å². The quantitative estimate of drug-likeness (QED) is 0.849. The van der Waals surface area contributed by atoms with Crippen LogP contribution in [0, 0.1) is 12.8 Å². The zero-order chi connectivity index (χ0) is 13.9. The normalized spacial score (nSPS) is 21.5. The van der Waals surface area contributed by atoms with Gasteiger partial charge < -0.3 is 4.74 Å². The van der Waals surface area contributed by atoms with Crippen LogP contribution in [-0.4, -0.2) is 39.5 Å². The average Bonchev–Trinajstić information content (AvgIpc) is 2.39. The van der Waals surface area contributed by atoms with Gasteiger partial charge in [-0.05, 0) is 43.4 Å². The standard InChI is InChI=1S/C14H21NO3S/c1-12-5-3-7-14(9-12)19(16,17)15-8-4-6-13(10-15)11-18-2/h3,5,7,9,13H,4,6,8,10-11H2,1-2H3. The maximum absolute atomic E-state index is 12.6. The van der Waals surface area contributed by atoms with E-state index in [1.54, 1.807) is 29.6 Å². The van der Waals surface area contributed by atoms with E-state index in [1.165, 1.54) is 0 Å². The number of sulfonamides is 1. The Morgan fingerprint density at radius 3 is 2.89 bits per heavy atom. The van der Waals surface area contributed by atoms with E-state index in [9.17, 15) is 8.42 Å². The van der Waals surface area contributed by atoms with E-state index in [0.717, 1.165) is 18.4 Å². The second-order valence-corrected chi connectivity index (χ2v) is 7.08. The molecule has 1 aromatic rings. The molecule has 106 valence electrons. The molecule has 1 fully saturated rings. The van der Waals surface area contributed by atoms with Crippen LogP contribution in [0.5, 0.6) is 0 Å². The minimum atomic E-state index is -3.36. The van der Waals surface area contributed by atoms with Gasteiger partial charge in [-0.2, -0.15) is 4.31 Å². The zero-order valence-corrected chi connectivity index (χ0v) is 12.3. The molecule has 1 aromatic carbocycles. The number of nitrogens with zero attached hydrogens (tertiary/aromatic N) is 1. The molecule has 0 spiro atoms. The van der Waals surface area contributed by atoms with Crippen molar-refractivity contribution in [1.29, 1.82) is 0 Å². The average molecular weight is 283 g/mol. The highest BCUT2D eigenvalue weighted by molar-refractivity contribution is 7.89. The predicted molar refractivity (Wildman–Crippen MR) is 74.5 cm³/mol. The minimum Gasteiger partial charge on any atom is -0.384 e. The molecule has 5 heteroatoms. The van der Waals surface area contributed by atoms with Gasteiger partial charge in [0.25, 0.3) is 0 Å². The highest BCUT2D eigenvalue weighted by Gasteiger charge is 2.30. The summed E-state index contributed by atoms with van der Waals surface area (Å²) in [4.78, 5) is 0.394. The van der Waals surface area contributed by atoms with Crippen molar-refractivity contribution in [2.45, 2.75) is 24.7 Å². The van der Waals surface area contributed by atoms with E-state index < -0.39 is 10.0 Å². The minimum absolute atomic E-state index is 0.304. The van der Waals surface area contributed by atoms with Crippen molar-refractivity contribution in [2.24, 2.45) is 5.92 Å². The van der Waals surface area contributed by atoms with Crippen LogP contribution in [0.4, 0.5) is 0 Å². The topological polar surface area (TPSA) is 46.6 Å². The number of benzene rings is 1. The number of ether oxygens (including phenoxy) is 1.